The lowest BCUT2D eigenvalue weighted by atomic mass is 10.1. The van der Waals surface area contributed by atoms with E-state index in [2.05, 4.69) is 25.6 Å². The minimum absolute atomic E-state index is 0.175. The molecule has 4 rings (SSSR count). The van der Waals surface area contributed by atoms with Crippen molar-refractivity contribution >= 4 is 45.1 Å². The van der Waals surface area contributed by atoms with Crippen LogP contribution in [0.3, 0.4) is 0 Å². The maximum atomic E-state index is 12.7. The van der Waals surface area contributed by atoms with Crippen LogP contribution in [0.5, 0.6) is 0 Å². The van der Waals surface area contributed by atoms with Gasteiger partial charge in [-0.3, -0.25) is 14.0 Å². The minimum Gasteiger partial charge on any atom is -0.768 e. The number of ether oxygens (including phenoxy) is 1. The van der Waals surface area contributed by atoms with Crippen molar-refractivity contribution in [1.29, 1.82) is 0 Å². The normalized spacial score (nSPS) is 15.4. The summed E-state index contributed by atoms with van der Waals surface area (Å²) >= 11 is -2.31. The van der Waals surface area contributed by atoms with E-state index in [0.29, 0.717) is 33.8 Å². The second kappa shape index (κ2) is 12.2. The zero-order valence-corrected chi connectivity index (χ0v) is 19.8. The van der Waals surface area contributed by atoms with Crippen molar-refractivity contribution in [2.45, 2.75) is 11.8 Å². The molecule has 1 fully saturated rings. The fraction of sp³-hybridized carbons (Fsp3) is 0.261. The maximum absolute atomic E-state index is 12.7. The fourth-order valence-electron chi connectivity index (χ4n) is 3.19. The lowest BCUT2D eigenvalue weighted by molar-refractivity contribution is 0.106. The monoisotopic (exact) mass is 483 g/mol. The number of ketones is 1. The third kappa shape index (κ3) is 6.81. The van der Waals surface area contributed by atoms with Crippen molar-refractivity contribution in [3.05, 3.63) is 59.9 Å². The first-order valence-corrected chi connectivity index (χ1v) is 11.6. The van der Waals surface area contributed by atoms with Gasteiger partial charge in [0.1, 0.15) is 17.2 Å². The first-order chi connectivity index (χ1) is 16.4. The van der Waals surface area contributed by atoms with Crippen LogP contribution >= 0.6 is 0 Å². The van der Waals surface area contributed by atoms with Crippen LogP contribution in [0.2, 0.25) is 0 Å². The van der Waals surface area contributed by atoms with Gasteiger partial charge in [-0.2, -0.15) is 0 Å². The van der Waals surface area contributed by atoms with Gasteiger partial charge < -0.3 is 30.6 Å². The van der Waals surface area contributed by atoms with E-state index in [-0.39, 0.29) is 16.4 Å². The lowest BCUT2D eigenvalue weighted by Crippen LogP contribution is -2.30. The minimum atomic E-state index is -2.31. The van der Waals surface area contributed by atoms with Gasteiger partial charge in [0.2, 0.25) is 5.78 Å². The third-order valence-electron chi connectivity index (χ3n) is 4.77. The Kier molecular flexibility index (Phi) is 9.05. The zero-order chi connectivity index (χ0) is 24.5. The third-order valence-corrected chi connectivity index (χ3v) is 5.41. The van der Waals surface area contributed by atoms with Crippen LogP contribution < -0.4 is 16.4 Å². The van der Waals surface area contributed by atoms with Gasteiger partial charge in [-0.25, -0.2) is 4.98 Å². The summed E-state index contributed by atoms with van der Waals surface area (Å²) in [7, 11) is 1.53. The van der Waals surface area contributed by atoms with Crippen LogP contribution in [-0.4, -0.2) is 63.6 Å². The summed E-state index contributed by atoms with van der Waals surface area (Å²) in [5.41, 5.74) is 7.94. The largest absolute Gasteiger partial charge is 0.768 e. The predicted octanol–water partition coefficient (Wildman–Crippen LogP) is 2.27. The Balaban J connectivity index is 0.000000469. The van der Waals surface area contributed by atoms with E-state index in [1.165, 1.54) is 25.3 Å². The molecule has 11 heteroatoms. The molecule has 0 saturated carbocycles. The Morgan fingerprint density at radius 2 is 2.06 bits per heavy atom. The molecule has 1 aliphatic rings. The number of carbonyl (C=O) groups is 1. The first kappa shape index (κ1) is 25.2. The number of aliphatic imine (C=N–C) groups is 1. The second-order valence-electron chi connectivity index (χ2n) is 7.37. The van der Waals surface area contributed by atoms with Gasteiger partial charge in [0.05, 0.1) is 18.8 Å². The Bertz CT molecular complexity index is 1220. The topological polar surface area (TPSA) is 158 Å². The lowest BCUT2D eigenvalue weighted by Gasteiger charge is -2.10. The van der Waals surface area contributed by atoms with Crippen LogP contribution in [0.25, 0.3) is 11.0 Å². The summed E-state index contributed by atoms with van der Waals surface area (Å²) in [6, 6.07) is 9.84. The molecule has 34 heavy (non-hydrogen) atoms. The average Bonchev–Trinajstić information content (AvgIpc) is 3.27. The number of aromatic nitrogens is 2. The number of pyridine rings is 1. The molecule has 10 nitrogen and oxygen atoms in total. The number of morpholine rings is 1. The number of H-pyrrole nitrogens is 1. The van der Waals surface area contributed by atoms with Crippen molar-refractivity contribution in [2.75, 3.05) is 38.7 Å². The van der Waals surface area contributed by atoms with E-state index in [9.17, 15) is 13.6 Å². The molecule has 0 aliphatic carbocycles. The molecule has 1 aliphatic heterocycles. The maximum Gasteiger partial charge on any atom is 0.213 e. The van der Waals surface area contributed by atoms with Crippen molar-refractivity contribution in [1.82, 2.24) is 15.3 Å². The molecule has 3 heterocycles. The molecule has 1 atom stereocenters. The number of Topliss-reactive ketones (excluding diaryl/α,β-unsaturated/α-hetero) is 1. The highest BCUT2D eigenvalue weighted by atomic mass is 32.2. The van der Waals surface area contributed by atoms with E-state index in [0.717, 1.165) is 26.3 Å². The molecule has 5 N–H and O–H groups in total. The molecule has 0 spiro atoms. The quantitative estimate of drug-likeness (QED) is 0.236. The number of benzene rings is 1. The summed E-state index contributed by atoms with van der Waals surface area (Å²) in [5.74, 6) is 0.246. The van der Waals surface area contributed by atoms with E-state index in [4.69, 9.17) is 10.5 Å². The molecular weight excluding hydrogens is 456 g/mol. The number of nitrogens with two attached hydrogens (primary N) is 1. The fourth-order valence-corrected chi connectivity index (χ4v) is 3.60. The van der Waals surface area contributed by atoms with Crippen molar-refractivity contribution < 1.29 is 18.3 Å². The predicted molar refractivity (Wildman–Crippen MR) is 132 cm³/mol. The molecule has 0 amide bonds. The number of hydrogen-bond donors (Lipinski definition) is 4. The number of hydrogen-bond acceptors (Lipinski definition) is 9. The van der Waals surface area contributed by atoms with Crippen LogP contribution in [0.1, 0.15) is 17.3 Å². The van der Waals surface area contributed by atoms with E-state index in [1.54, 1.807) is 37.4 Å². The highest BCUT2D eigenvalue weighted by molar-refractivity contribution is 7.79. The summed E-state index contributed by atoms with van der Waals surface area (Å²) in [5, 5.41) is 6.86. The highest BCUT2D eigenvalue weighted by Gasteiger charge is 2.17. The van der Waals surface area contributed by atoms with Gasteiger partial charge in [0, 0.05) is 48.0 Å². The Hall–Kier alpha value is -3.38. The smallest absolute Gasteiger partial charge is 0.213 e. The summed E-state index contributed by atoms with van der Waals surface area (Å²) in [6.07, 6.45) is 3.10. The number of nitrogens with zero attached hydrogens (tertiary/aromatic N) is 2. The SMILES string of the molecule is C1COCCN1.CN=C(C=C(C)N)C(=O)c1c[nH]c2nc(Nc3cccc(S(=O)[O-])c3)ccc12. The van der Waals surface area contributed by atoms with Crippen LogP contribution in [0.4, 0.5) is 11.5 Å². The van der Waals surface area contributed by atoms with E-state index in [1.807, 2.05) is 0 Å². The Morgan fingerprint density at radius 1 is 1.29 bits per heavy atom. The molecule has 3 aromatic rings. The average molecular weight is 484 g/mol. The van der Waals surface area contributed by atoms with Crippen LogP contribution in [-0.2, 0) is 15.8 Å². The van der Waals surface area contributed by atoms with Crippen molar-refractivity contribution in [2.24, 2.45) is 10.7 Å². The van der Waals surface area contributed by atoms with Crippen LogP contribution in [0.15, 0.2) is 64.3 Å². The number of rotatable bonds is 6. The van der Waals surface area contributed by atoms with Gasteiger partial charge in [-0.1, -0.05) is 6.07 Å². The summed E-state index contributed by atoms with van der Waals surface area (Å²) < 4.78 is 27.2. The number of fused-ring (bicyclic) bond motifs is 1. The van der Waals surface area contributed by atoms with Gasteiger partial charge in [-0.15, -0.1) is 0 Å². The summed E-state index contributed by atoms with van der Waals surface area (Å²) in [6.45, 7) is 5.52. The van der Waals surface area contributed by atoms with Gasteiger partial charge >= 0.3 is 0 Å². The van der Waals surface area contributed by atoms with Gasteiger partial charge in [0.15, 0.2) is 0 Å². The molecular formula is C23H27N6O4S-. The molecule has 0 radical (unpaired) electrons. The van der Waals surface area contributed by atoms with Gasteiger partial charge in [-0.05, 0) is 54.4 Å². The highest BCUT2D eigenvalue weighted by Crippen LogP contribution is 2.23. The molecule has 1 saturated heterocycles. The summed E-state index contributed by atoms with van der Waals surface area (Å²) in [4.78, 5) is 24.3. The Morgan fingerprint density at radius 3 is 2.65 bits per heavy atom. The standard InChI is InChI=1S/C19H19N5O3S.C4H9NO/c1-11(20)8-16(21-2)18(25)15-10-22-19-14(15)6-7-17(24-19)23-12-4-3-5-13(9-12)28(26)27;1-3-6-4-2-5-1/h3-10H,20H2,1-2H3,(H,26,27)(H2,22,23,24);5H,1-4H2/p-1. The molecule has 0 bridgehead atoms. The molecule has 1 unspecified atom stereocenters. The molecule has 2 aromatic heterocycles. The number of anilines is 2. The zero-order valence-electron chi connectivity index (χ0n) is 19.0. The Labute approximate surface area is 200 Å². The van der Waals surface area contributed by atoms with Crippen molar-refractivity contribution in [3.63, 3.8) is 0 Å². The molecule has 180 valence electrons. The van der Waals surface area contributed by atoms with Crippen LogP contribution in [0, 0.1) is 0 Å². The second-order valence-corrected chi connectivity index (χ2v) is 8.31. The van der Waals surface area contributed by atoms with Crippen molar-refractivity contribution in [3.8, 4) is 0 Å². The number of allylic oxidation sites excluding steroid dienone is 2. The van der Waals surface area contributed by atoms with E-state index < -0.39 is 11.1 Å². The van der Waals surface area contributed by atoms with Gasteiger partial charge in [0.25, 0.3) is 0 Å². The number of carbonyl (C=O) groups excluding carboxylic acids is 1. The number of aromatic amines is 1. The first-order valence-electron chi connectivity index (χ1n) is 10.6. The van der Waals surface area contributed by atoms with E-state index >= 15 is 0 Å². The molecule has 1 aromatic carbocycles. The number of nitrogens with one attached hydrogen (secondary N) is 3.